The number of piperazine rings is 1. The number of thiophene rings is 1. The summed E-state index contributed by atoms with van der Waals surface area (Å²) in [5, 5.41) is 2.05. The molecule has 4 heteroatoms. The third kappa shape index (κ3) is 3.17. The summed E-state index contributed by atoms with van der Waals surface area (Å²) < 4.78 is 0. The van der Waals surface area contributed by atoms with E-state index in [1.165, 1.54) is 10.4 Å². The van der Waals surface area contributed by atoms with Crippen molar-refractivity contribution in [3.63, 3.8) is 0 Å². The molecule has 1 aromatic heterocycles. The molecular weight excluding hydrogens is 232 g/mol. The van der Waals surface area contributed by atoms with Gasteiger partial charge in [-0.25, -0.2) is 0 Å². The van der Waals surface area contributed by atoms with E-state index < -0.39 is 0 Å². The van der Waals surface area contributed by atoms with Crippen LogP contribution in [-0.4, -0.2) is 48.9 Å². The lowest BCUT2D eigenvalue weighted by Gasteiger charge is -2.31. The topological polar surface area (TPSA) is 23.6 Å². The minimum Gasteiger partial charge on any atom is -0.337 e. The molecule has 0 spiro atoms. The summed E-state index contributed by atoms with van der Waals surface area (Å²) in [5.41, 5.74) is 1.23. The van der Waals surface area contributed by atoms with Crippen molar-refractivity contribution in [2.75, 3.05) is 33.2 Å². The number of aryl methyl sites for hydroxylation is 1. The van der Waals surface area contributed by atoms with Crippen molar-refractivity contribution in [2.24, 2.45) is 0 Å². The van der Waals surface area contributed by atoms with Crippen LogP contribution in [0.15, 0.2) is 17.5 Å². The smallest absolute Gasteiger partial charge is 0.246 e. The first kappa shape index (κ1) is 12.3. The fourth-order valence-electron chi connectivity index (χ4n) is 1.83. The SMILES string of the molecule is Cc1ccsc1C=CC(=O)N1CCN(C)CC1. The average molecular weight is 250 g/mol. The van der Waals surface area contributed by atoms with Crippen molar-refractivity contribution in [2.45, 2.75) is 6.92 Å². The zero-order chi connectivity index (χ0) is 12.3. The lowest BCUT2D eigenvalue weighted by Crippen LogP contribution is -2.46. The number of carbonyl (C=O) groups is 1. The number of carbonyl (C=O) groups excluding carboxylic acids is 1. The van der Waals surface area contributed by atoms with Gasteiger partial charge in [-0.1, -0.05) is 0 Å². The Balaban J connectivity index is 1.93. The van der Waals surface area contributed by atoms with Crippen molar-refractivity contribution < 1.29 is 4.79 Å². The summed E-state index contributed by atoms with van der Waals surface area (Å²) >= 11 is 1.67. The number of nitrogens with zero attached hydrogens (tertiary/aromatic N) is 2. The first-order valence-corrected chi connectivity index (χ1v) is 6.74. The zero-order valence-electron chi connectivity index (χ0n) is 10.3. The fourth-order valence-corrected chi connectivity index (χ4v) is 2.65. The van der Waals surface area contributed by atoms with Gasteiger partial charge in [-0.2, -0.15) is 0 Å². The predicted molar refractivity (Wildman–Crippen MR) is 72.2 cm³/mol. The average Bonchev–Trinajstić information content (AvgIpc) is 2.73. The van der Waals surface area contributed by atoms with E-state index in [0.717, 1.165) is 26.2 Å². The van der Waals surface area contributed by atoms with Crippen molar-refractivity contribution in [3.05, 3.63) is 28.0 Å². The van der Waals surface area contributed by atoms with E-state index >= 15 is 0 Å². The predicted octanol–water partition coefficient (Wildman–Crippen LogP) is 1.84. The number of hydrogen-bond donors (Lipinski definition) is 0. The van der Waals surface area contributed by atoms with Gasteiger partial charge in [0, 0.05) is 37.1 Å². The van der Waals surface area contributed by atoms with Crippen LogP contribution < -0.4 is 0 Å². The molecular formula is C13H18N2OS. The van der Waals surface area contributed by atoms with Gasteiger partial charge in [0.1, 0.15) is 0 Å². The van der Waals surface area contributed by atoms with Crippen LogP contribution in [0.1, 0.15) is 10.4 Å². The maximum atomic E-state index is 11.9. The molecule has 0 bridgehead atoms. The summed E-state index contributed by atoms with van der Waals surface area (Å²) in [6.45, 7) is 5.68. The van der Waals surface area contributed by atoms with Gasteiger partial charge in [0.2, 0.25) is 5.91 Å². The molecule has 17 heavy (non-hydrogen) atoms. The van der Waals surface area contributed by atoms with Gasteiger partial charge in [-0.15, -0.1) is 11.3 Å². The molecule has 1 aliphatic rings. The molecule has 2 rings (SSSR count). The number of rotatable bonds is 2. The van der Waals surface area contributed by atoms with Crippen LogP contribution in [0.2, 0.25) is 0 Å². The largest absolute Gasteiger partial charge is 0.337 e. The molecule has 0 N–H and O–H groups in total. The highest BCUT2D eigenvalue weighted by Crippen LogP contribution is 2.17. The van der Waals surface area contributed by atoms with Crippen molar-refractivity contribution in [3.8, 4) is 0 Å². The highest BCUT2D eigenvalue weighted by Gasteiger charge is 2.16. The molecule has 0 aliphatic carbocycles. The summed E-state index contributed by atoms with van der Waals surface area (Å²) in [7, 11) is 2.09. The Morgan fingerprint density at radius 1 is 1.35 bits per heavy atom. The second kappa shape index (κ2) is 5.47. The quantitative estimate of drug-likeness (QED) is 0.748. The van der Waals surface area contributed by atoms with Gasteiger partial charge in [-0.3, -0.25) is 4.79 Å². The molecule has 0 unspecified atom stereocenters. The molecule has 2 heterocycles. The van der Waals surface area contributed by atoms with Gasteiger partial charge >= 0.3 is 0 Å². The van der Waals surface area contributed by atoms with E-state index in [0.29, 0.717) is 0 Å². The van der Waals surface area contributed by atoms with Gasteiger partial charge in [0.25, 0.3) is 0 Å². The Labute approximate surface area is 106 Å². The molecule has 1 saturated heterocycles. The van der Waals surface area contributed by atoms with E-state index in [4.69, 9.17) is 0 Å². The molecule has 1 aliphatic heterocycles. The van der Waals surface area contributed by atoms with Crippen LogP contribution in [0.4, 0.5) is 0 Å². The van der Waals surface area contributed by atoms with Crippen molar-refractivity contribution in [1.29, 1.82) is 0 Å². The van der Waals surface area contributed by atoms with Gasteiger partial charge in [0.05, 0.1) is 0 Å². The Morgan fingerprint density at radius 2 is 2.06 bits per heavy atom. The molecule has 1 aromatic rings. The van der Waals surface area contributed by atoms with Crippen LogP contribution in [-0.2, 0) is 4.79 Å². The summed E-state index contributed by atoms with van der Waals surface area (Å²) in [5.74, 6) is 0.130. The molecule has 3 nitrogen and oxygen atoms in total. The number of likely N-dealkylation sites (N-methyl/N-ethyl adjacent to an activating group) is 1. The Morgan fingerprint density at radius 3 is 2.65 bits per heavy atom. The van der Waals surface area contributed by atoms with Gasteiger partial charge in [-0.05, 0) is 37.1 Å². The van der Waals surface area contributed by atoms with Crippen LogP contribution in [0.5, 0.6) is 0 Å². The van der Waals surface area contributed by atoms with E-state index in [2.05, 4.69) is 30.3 Å². The number of amides is 1. The van der Waals surface area contributed by atoms with Crippen LogP contribution in [0.25, 0.3) is 6.08 Å². The van der Waals surface area contributed by atoms with E-state index in [-0.39, 0.29) is 5.91 Å². The zero-order valence-corrected chi connectivity index (χ0v) is 11.2. The Hall–Kier alpha value is -1.13. The molecule has 0 aromatic carbocycles. The van der Waals surface area contributed by atoms with Crippen molar-refractivity contribution >= 4 is 23.3 Å². The maximum absolute atomic E-state index is 11.9. The standard InChI is InChI=1S/C13H18N2OS/c1-11-5-10-17-12(11)3-4-13(16)15-8-6-14(2)7-9-15/h3-5,10H,6-9H2,1-2H3. The Kier molecular flexibility index (Phi) is 3.97. The highest BCUT2D eigenvalue weighted by atomic mass is 32.1. The lowest BCUT2D eigenvalue weighted by atomic mass is 10.2. The number of hydrogen-bond acceptors (Lipinski definition) is 3. The third-order valence-electron chi connectivity index (χ3n) is 3.09. The molecule has 92 valence electrons. The third-order valence-corrected chi connectivity index (χ3v) is 4.08. The highest BCUT2D eigenvalue weighted by molar-refractivity contribution is 7.11. The Bertz CT molecular complexity index is 417. The molecule has 1 fully saturated rings. The van der Waals surface area contributed by atoms with Gasteiger partial charge in [0.15, 0.2) is 0 Å². The van der Waals surface area contributed by atoms with E-state index in [9.17, 15) is 4.79 Å². The normalized spacial score (nSPS) is 17.9. The summed E-state index contributed by atoms with van der Waals surface area (Å²) in [4.78, 5) is 17.3. The minimum atomic E-state index is 0.130. The minimum absolute atomic E-state index is 0.130. The first-order valence-electron chi connectivity index (χ1n) is 5.86. The van der Waals surface area contributed by atoms with E-state index in [1.807, 2.05) is 11.0 Å². The maximum Gasteiger partial charge on any atom is 0.246 e. The lowest BCUT2D eigenvalue weighted by molar-refractivity contribution is -0.127. The van der Waals surface area contributed by atoms with Crippen molar-refractivity contribution in [1.82, 2.24) is 9.80 Å². The van der Waals surface area contributed by atoms with Crippen LogP contribution in [0, 0.1) is 6.92 Å². The monoisotopic (exact) mass is 250 g/mol. The summed E-state index contributed by atoms with van der Waals surface area (Å²) in [6, 6.07) is 2.07. The molecule has 0 radical (unpaired) electrons. The van der Waals surface area contributed by atoms with Crippen LogP contribution >= 0.6 is 11.3 Å². The van der Waals surface area contributed by atoms with E-state index in [1.54, 1.807) is 17.4 Å². The molecule has 1 amide bonds. The first-order chi connectivity index (χ1) is 8.16. The second-order valence-corrected chi connectivity index (χ2v) is 5.38. The summed E-state index contributed by atoms with van der Waals surface area (Å²) in [6.07, 6.45) is 3.63. The second-order valence-electron chi connectivity index (χ2n) is 4.43. The fraction of sp³-hybridized carbons (Fsp3) is 0.462. The molecule has 0 atom stereocenters. The van der Waals surface area contributed by atoms with Crippen LogP contribution in [0.3, 0.4) is 0 Å². The molecule has 0 saturated carbocycles. The van der Waals surface area contributed by atoms with Gasteiger partial charge < -0.3 is 9.80 Å².